The number of benzene rings is 2. The van der Waals surface area contributed by atoms with E-state index in [1.807, 2.05) is 49.4 Å². The molecule has 0 aromatic heterocycles. The zero-order valence-corrected chi connectivity index (χ0v) is 17.3. The quantitative estimate of drug-likeness (QED) is 0.535. The number of nitrogens with zero attached hydrogens (tertiary/aromatic N) is 1. The molecule has 0 atom stereocenters. The van der Waals surface area contributed by atoms with E-state index in [4.69, 9.17) is 33.3 Å². The van der Waals surface area contributed by atoms with Crippen LogP contribution in [0.4, 0.5) is 0 Å². The van der Waals surface area contributed by atoms with Crippen molar-refractivity contribution in [1.29, 1.82) is 0 Å². The Hall–Kier alpha value is -2.57. The van der Waals surface area contributed by atoms with Crippen LogP contribution in [-0.2, 0) is 11.4 Å². The minimum Gasteiger partial charge on any atom is -0.493 e. The van der Waals surface area contributed by atoms with Crippen molar-refractivity contribution in [2.75, 3.05) is 13.7 Å². The van der Waals surface area contributed by atoms with Crippen molar-refractivity contribution in [3.8, 4) is 11.5 Å². The molecule has 1 aliphatic heterocycles. The van der Waals surface area contributed by atoms with Gasteiger partial charge in [-0.05, 0) is 48.5 Å². The van der Waals surface area contributed by atoms with E-state index in [0.717, 1.165) is 17.5 Å². The Labute approximate surface area is 174 Å². The van der Waals surface area contributed by atoms with Gasteiger partial charge in [-0.3, -0.25) is 9.69 Å². The Morgan fingerprint density at radius 1 is 1.21 bits per heavy atom. The van der Waals surface area contributed by atoms with Crippen LogP contribution in [0.5, 0.6) is 11.5 Å². The lowest BCUT2D eigenvalue weighted by Gasteiger charge is -2.12. The van der Waals surface area contributed by atoms with Crippen LogP contribution in [0.25, 0.3) is 6.08 Å². The molecule has 0 unspecified atom stereocenters. The lowest BCUT2D eigenvalue weighted by atomic mass is 10.1. The van der Waals surface area contributed by atoms with Gasteiger partial charge >= 0.3 is 0 Å². The predicted molar refractivity (Wildman–Crippen MR) is 114 cm³/mol. The fraction of sp³-hybridized carbons (Fsp3) is 0.238. The van der Waals surface area contributed by atoms with Gasteiger partial charge < -0.3 is 14.8 Å². The van der Waals surface area contributed by atoms with Crippen LogP contribution in [0.3, 0.4) is 0 Å². The SMILES string of the molecule is CCCN1C(=O)/C(=C/c2ccc(OCc3ccccc3Cl)c(OC)c2)NC1=S. The molecule has 1 aliphatic rings. The Kier molecular flexibility index (Phi) is 6.54. The van der Waals surface area contributed by atoms with Crippen molar-refractivity contribution in [1.82, 2.24) is 10.2 Å². The molecular formula is C21H21ClN2O3S. The largest absolute Gasteiger partial charge is 0.493 e. The van der Waals surface area contributed by atoms with Gasteiger partial charge in [0.15, 0.2) is 16.6 Å². The van der Waals surface area contributed by atoms with Gasteiger partial charge in [0.05, 0.1) is 7.11 Å². The van der Waals surface area contributed by atoms with Crippen LogP contribution in [0, 0.1) is 0 Å². The maximum absolute atomic E-state index is 12.5. The van der Waals surface area contributed by atoms with Gasteiger partial charge in [-0.1, -0.05) is 42.8 Å². The average Bonchev–Trinajstić information content (AvgIpc) is 2.95. The highest BCUT2D eigenvalue weighted by molar-refractivity contribution is 7.80. The number of hydrogen-bond acceptors (Lipinski definition) is 4. The molecule has 2 aromatic carbocycles. The summed E-state index contributed by atoms with van der Waals surface area (Å²) in [6.45, 7) is 2.93. The zero-order valence-electron chi connectivity index (χ0n) is 15.7. The standard InChI is InChI=1S/C21H21ClN2O3S/c1-3-10-24-20(25)17(23-21(24)28)11-14-8-9-18(19(12-14)26-2)27-13-15-6-4-5-7-16(15)22/h4-9,11-12H,3,10,13H2,1-2H3,(H,23,28)/b17-11-. The van der Waals surface area contributed by atoms with E-state index in [0.29, 0.717) is 40.5 Å². The van der Waals surface area contributed by atoms with Crippen LogP contribution in [0.1, 0.15) is 24.5 Å². The predicted octanol–water partition coefficient (Wildman–Crippen LogP) is 4.40. The van der Waals surface area contributed by atoms with Gasteiger partial charge in [0.25, 0.3) is 5.91 Å². The minimum atomic E-state index is -0.120. The van der Waals surface area contributed by atoms with Crippen molar-refractivity contribution in [2.45, 2.75) is 20.0 Å². The Morgan fingerprint density at radius 3 is 2.71 bits per heavy atom. The second-order valence-electron chi connectivity index (χ2n) is 6.24. The average molecular weight is 417 g/mol. The second-order valence-corrected chi connectivity index (χ2v) is 7.03. The first-order valence-electron chi connectivity index (χ1n) is 8.92. The maximum atomic E-state index is 12.5. The second kappa shape index (κ2) is 9.08. The van der Waals surface area contributed by atoms with Crippen LogP contribution < -0.4 is 14.8 Å². The monoisotopic (exact) mass is 416 g/mol. The summed E-state index contributed by atoms with van der Waals surface area (Å²) in [5.74, 6) is 1.04. The molecule has 28 heavy (non-hydrogen) atoms. The van der Waals surface area contributed by atoms with E-state index in [1.165, 1.54) is 0 Å². The minimum absolute atomic E-state index is 0.120. The first-order chi connectivity index (χ1) is 13.5. The van der Waals surface area contributed by atoms with E-state index in [-0.39, 0.29) is 5.91 Å². The molecule has 0 spiro atoms. The van der Waals surface area contributed by atoms with Crippen LogP contribution in [0.15, 0.2) is 48.2 Å². The van der Waals surface area contributed by atoms with E-state index in [1.54, 1.807) is 18.1 Å². The van der Waals surface area contributed by atoms with E-state index in [9.17, 15) is 4.79 Å². The number of carbonyl (C=O) groups excluding carboxylic acids is 1. The molecule has 1 amide bonds. The molecule has 0 aliphatic carbocycles. The molecule has 5 nitrogen and oxygen atoms in total. The number of methoxy groups -OCH3 is 1. The molecule has 1 saturated heterocycles. The van der Waals surface area contributed by atoms with Crippen LogP contribution >= 0.6 is 23.8 Å². The summed E-state index contributed by atoms with van der Waals surface area (Å²) >= 11 is 11.4. The highest BCUT2D eigenvalue weighted by atomic mass is 35.5. The first kappa shape index (κ1) is 20.2. The Bertz CT molecular complexity index is 930. The molecule has 0 saturated carbocycles. The number of rotatable bonds is 7. The lowest BCUT2D eigenvalue weighted by Crippen LogP contribution is -2.31. The van der Waals surface area contributed by atoms with Crippen molar-refractivity contribution >= 4 is 40.9 Å². The molecule has 1 N–H and O–H groups in total. The molecule has 3 rings (SSSR count). The highest BCUT2D eigenvalue weighted by Crippen LogP contribution is 2.30. The van der Waals surface area contributed by atoms with Gasteiger partial charge in [-0.2, -0.15) is 0 Å². The van der Waals surface area contributed by atoms with Crippen molar-refractivity contribution < 1.29 is 14.3 Å². The number of nitrogens with one attached hydrogen (secondary N) is 1. The smallest absolute Gasteiger partial charge is 0.276 e. The van der Waals surface area contributed by atoms with Gasteiger partial charge in [-0.15, -0.1) is 0 Å². The number of halogens is 1. The number of thiocarbonyl (C=S) groups is 1. The molecule has 7 heteroatoms. The molecule has 2 aromatic rings. The van der Waals surface area contributed by atoms with E-state index in [2.05, 4.69) is 5.32 Å². The summed E-state index contributed by atoms with van der Waals surface area (Å²) in [4.78, 5) is 14.0. The van der Waals surface area contributed by atoms with Crippen LogP contribution in [-0.4, -0.2) is 29.6 Å². The Balaban J connectivity index is 1.77. The van der Waals surface area contributed by atoms with Crippen molar-refractivity contribution in [3.05, 3.63) is 64.3 Å². The van der Waals surface area contributed by atoms with Gasteiger partial charge in [-0.25, -0.2) is 0 Å². The summed E-state index contributed by atoms with van der Waals surface area (Å²) in [7, 11) is 1.58. The maximum Gasteiger partial charge on any atom is 0.276 e. The summed E-state index contributed by atoms with van der Waals surface area (Å²) < 4.78 is 11.3. The normalized spacial score (nSPS) is 15.1. The summed E-state index contributed by atoms with van der Waals surface area (Å²) in [6.07, 6.45) is 2.59. The Morgan fingerprint density at radius 2 is 2.00 bits per heavy atom. The molecule has 1 heterocycles. The van der Waals surface area contributed by atoms with Gasteiger partial charge in [0.1, 0.15) is 12.3 Å². The first-order valence-corrected chi connectivity index (χ1v) is 9.71. The van der Waals surface area contributed by atoms with Crippen molar-refractivity contribution in [3.63, 3.8) is 0 Å². The number of ether oxygens (including phenoxy) is 2. The van der Waals surface area contributed by atoms with Crippen LogP contribution in [0.2, 0.25) is 5.02 Å². The zero-order chi connectivity index (χ0) is 20.1. The highest BCUT2D eigenvalue weighted by Gasteiger charge is 2.29. The summed E-state index contributed by atoms with van der Waals surface area (Å²) in [5, 5.41) is 4.06. The summed E-state index contributed by atoms with van der Waals surface area (Å²) in [5.41, 5.74) is 2.15. The number of amides is 1. The van der Waals surface area contributed by atoms with E-state index >= 15 is 0 Å². The topological polar surface area (TPSA) is 50.8 Å². The molecule has 146 valence electrons. The van der Waals surface area contributed by atoms with Gasteiger partial charge in [0.2, 0.25) is 0 Å². The fourth-order valence-electron chi connectivity index (χ4n) is 2.83. The summed E-state index contributed by atoms with van der Waals surface area (Å²) in [6, 6.07) is 13.0. The third kappa shape index (κ3) is 4.46. The molecular weight excluding hydrogens is 396 g/mol. The number of hydrogen-bond donors (Lipinski definition) is 1. The van der Waals surface area contributed by atoms with Gasteiger partial charge in [0, 0.05) is 17.1 Å². The number of carbonyl (C=O) groups is 1. The molecule has 1 fully saturated rings. The molecule has 0 radical (unpaired) electrons. The lowest BCUT2D eigenvalue weighted by molar-refractivity contribution is -0.122. The third-order valence-electron chi connectivity index (χ3n) is 4.25. The third-order valence-corrected chi connectivity index (χ3v) is 4.94. The van der Waals surface area contributed by atoms with E-state index < -0.39 is 0 Å². The molecule has 0 bridgehead atoms. The fourth-order valence-corrected chi connectivity index (χ4v) is 3.30. The van der Waals surface area contributed by atoms with Crippen molar-refractivity contribution in [2.24, 2.45) is 0 Å².